The first-order valence-electron chi connectivity index (χ1n) is 5.65. The van der Waals surface area contributed by atoms with Crippen molar-refractivity contribution in [3.8, 4) is 5.75 Å². The maximum absolute atomic E-state index is 5.69. The minimum absolute atomic E-state index is 0.381. The molecule has 0 aliphatic heterocycles. The molecule has 0 aliphatic carbocycles. The van der Waals surface area contributed by atoms with Crippen LogP contribution in [0.5, 0.6) is 5.75 Å². The number of nitrogens with two attached hydrogens (primary N) is 1. The molecule has 0 amide bonds. The predicted octanol–water partition coefficient (Wildman–Crippen LogP) is 2.92. The Kier molecular flexibility index (Phi) is 4.28. The van der Waals surface area contributed by atoms with Crippen LogP contribution in [0.25, 0.3) is 0 Å². The highest BCUT2D eigenvalue weighted by atomic mass is 32.1. The van der Waals surface area contributed by atoms with Gasteiger partial charge in [0.15, 0.2) is 0 Å². The lowest BCUT2D eigenvalue weighted by molar-refractivity contribution is 0.305. The van der Waals surface area contributed by atoms with E-state index in [9.17, 15) is 0 Å². The van der Waals surface area contributed by atoms with E-state index in [1.54, 1.807) is 6.20 Å². The first kappa shape index (κ1) is 13.0. The maximum atomic E-state index is 5.69. The fourth-order valence-electron chi connectivity index (χ4n) is 1.49. The normalized spacial score (nSPS) is 10.3. The van der Waals surface area contributed by atoms with Crippen LogP contribution in [0.15, 0.2) is 30.5 Å². The summed E-state index contributed by atoms with van der Waals surface area (Å²) < 4.78 is 5.69. The van der Waals surface area contributed by atoms with Gasteiger partial charge in [0.05, 0.1) is 4.88 Å². The van der Waals surface area contributed by atoms with Gasteiger partial charge >= 0.3 is 0 Å². The maximum Gasteiger partial charge on any atom is 0.140 e. The Balaban J connectivity index is 1.99. The summed E-state index contributed by atoms with van der Waals surface area (Å²) in [4.78, 5) is 5.43. The van der Waals surface area contributed by atoms with Gasteiger partial charge in [0.2, 0.25) is 0 Å². The minimum Gasteiger partial charge on any atom is -0.486 e. The molecule has 0 bridgehead atoms. The van der Waals surface area contributed by atoms with Gasteiger partial charge in [0, 0.05) is 6.20 Å². The van der Waals surface area contributed by atoms with Crippen molar-refractivity contribution in [2.24, 2.45) is 5.73 Å². The molecule has 0 saturated heterocycles. The molecule has 94 valence electrons. The number of benzene rings is 1. The number of hydrogen-bond acceptors (Lipinski definition) is 4. The predicted molar refractivity (Wildman–Crippen MR) is 78.2 cm³/mol. The molecule has 0 atom stereocenters. The summed E-state index contributed by atoms with van der Waals surface area (Å²) in [6, 6.07) is 8.07. The van der Waals surface area contributed by atoms with Gasteiger partial charge in [-0.3, -0.25) is 0 Å². The Hall–Kier alpha value is -1.46. The fraction of sp³-hybridized carbons (Fsp3) is 0.231. The van der Waals surface area contributed by atoms with Crippen molar-refractivity contribution >= 4 is 28.5 Å². The van der Waals surface area contributed by atoms with E-state index in [0.717, 1.165) is 22.1 Å². The average Bonchev–Trinajstić information content (AvgIpc) is 2.85. The van der Waals surface area contributed by atoms with E-state index in [1.807, 2.05) is 18.2 Å². The smallest absolute Gasteiger partial charge is 0.140 e. The molecule has 0 unspecified atom stereocenters. The molecule has 2 N–H and O–H groups in total. The van der Waals surface area contributed by atoms with Gasteiger partial charge in [0.25, 0.3) is 0 Å². The molecule has 0 fully saturated rings. The molecule has 1 heterocycles. The lowest BCUT2D eigenvalue weighted by Crippen LogP contribution is -2.06. The van der Waals surface area contributed by atoms with E-state index < -0.39 is 0 Å². The van der Waals surface area contributed by atoms with Crippen LogP contribution >= 0.6 is 23.6 Å². The molecule has 2 aromatic rings. The second-order valence-electron chi connectivity index (χ2n) is 3.77. The molecule has 0 spiro atoms. The second-order valence-corrected chi connectivity index (χ2v) is 5.33. The fourth-order valence-corrected chi connectivity index (χ4v) is 2.35. The van der Waals surface area contributed by atoms with Crippen molar-refractivity contribution < 1.29 is 4.74 Å². The lowest BCUT2D eigenvalue weighted by atomic mass is 10.2. The van der Waals surface area contributed by atoms with Crippen LogP contribution in [0.1, 0.15) is 22.4 Å². The third kappa shape index (κ3) is 3.27. The zero-order valence-electron chi connectivity index (χ0n) is 10.1. The third-order valence-electron chi connectivity index (χ3n) is 2.47. The van der Waals surface area contributed by atoms with E-state index in [-0.39, 0.29) is 0 Å². The van der Waals surface area contributed by atoms with E-state index in [1.165, 1.54) is 16.9 Å². The second kappa shape index (κ2) is 5.93. The van der Waals surface area contributed by atoms with Crippen molar-refractivity contribution in [1.82, 2.24) is 4.98 Å². The first-order chi connectivity index (χ1) is 8.69. The number of aryl methyl sites for hydroxylation is 1. The molecule has 18 heavy (non-hydrogen) atoms. The molecular weight excluding hydrogens is 264 g/mol. The number of thiazole rings is 1. The van der Waals surface area contributed by atoms with E-state index in [2.05, 4.69) is 18.0 Å². The molecule has 5 heteroatoms. The lowest BCUT2D eigenvalue weighted by Gasteiger charge is -2.05. The highest BCUT2D eigenvalue weighted by Gasteiger charge is 2.05. The summed E-state index contributed by atoms with van der Waals surface area (Å²) >= 11 is 6.36. The van der Waals surface area contributed by atoms with Gasteiger partial charge < -0.3 is 10.5 Å². The van der Waals surface area contributed by atoms with Crippen molar-refractivity contribution in [3.05, 3.63) is 45.9 Å². The zero-order chi connectivity index (χ0) is 13.0. The standard InChI is InChI=1S/C13H14N2OS2/c1-2-9-4-3-5-10(6-9)16-8-12-15-7-11(18-12)13(14)17/h3-7H,2,8H2,1H3,(H2,14,17). The van der Waals surface area contributed by atoms with Crippen LogP contribution in [0.2, 0.25) is 0 Å². The largest absolute Gasteiger partial charge is 0.486 e. The third-order valence-corrected chi connectivity index (χ3v) is 3.82. The molecule has 2 rings (SSSR count). The average molecular weight is 278 g/mol. The number of hydrogen-bond donors (Lipinski definition) is 1. The molecule has 3 nitrogen and oxygen atoms in total. The summed E-state index contributed by atoms with van der Waals surface area (Å²) in [7, 11) is 0. The Morgan fingerprint density at radius 3 is 3.00 bits per heavy atom. The van der Waals surface area contributed by atoms with E-state index >= 15 is 0 Å². The molecule has 0 radical (unpaired) electrons. The number of aromatic nitrogens is 1. The van der Waals surface area contributed by atoms with Crippen molar-refractivity contribution in [3.63, 3.8) is 0 Å². The number of thiocarbonyl (C=S) groups is 1. The van der Waals surface area contributed by atoms with Crippen LogP contribution in [-0.4, -0.2) is 9.97 Å². The highest BCUT2D eigenvalue weighted by Crippen LogP contribution is 2.18. The first-order valence-corrected chi connectivity index (χ1v) is 6.87. The molecule has 0 aliphatic rings. The number of rotatable bonds is 5. The SMILES string of the molecule is CCc1cccc(OCc2ncc(C(N)=S)s2)c1. The Morgan fingerprint density at radius 2 is 2.33 bits per heavy atom. The summed E-state index contributed by atoms with van der Waals surface area (Å²) in [6.45, 7) is 2.56. The Labute approximate surface area is 116 Å². The van der Waals surface area contributed by atoms with Crippen LogP contribution < -0.4 is 10.5 Å². The summed E-state index contributed by atoms with van der Waals surface area (Å²) in [5, 5.41) is 0.875. The molecule has 0 saturated carbocycles. The van der Waals surface area contributed by atoms with Gasteiger partial charge in [0.1, 0.15) is 22.4 Å². The van der Waals surface area contributed by atoms with Crippen LogP contribution in [-0.2, 0) is 13.0 Å². The summed E-state index contributed by atoms with van der Waals surface area (Å²) in [5.74, 6) is 0.862. The zero-order valence-corrected chi connectivity index (χ0v) is 11.7. The van der Waals surface area contributed by atoms with Gasteiger partial charge in [-0.1, -0.05) is 31.3 Å². The molecule has 1 aromatic heterocycles. The van der Waals surface area contributed by atoms with Gasteiger partial charge in [-0.05, 0) is 24.1 Å². The highest BCUT2D eigenvalue weighted by molar-refractivity contribution is 7.81. The van der Waals surface area contributed by atoms with Crippen molar-refractivity contribution in [1.29, 1.82) is 0 Å². The van der Waals surface area contributed by atoms with Crippen molar-refractivity contribution in [2.75, 3.05) is 0 Å². The van der Waals surface area contributed by atoms with Crippen LogP contribution in [0.3, 0.4) is 0 Å². The summed E-state index contributed by atoms with van der Waals surface area (Å²) in [6.07, 6.45) is 2.69. The monoisotopic (exact) mass is 278 g/mol. The minimum atomic E-state index is 0.381. The topological polar surface area (TPSA) is 48.1 Å². The van der Waals surface area contributed by atoms with Gasteiger partial charge in [-0.2, -0.15) is 0 Å². The summed E-state index contributed by atoms with van der Waals surface area (Å²) in [5.41, 5.74) is 6.79. The Morgan fingerprint density at radius 1 is 1.50 bits per heavy atom. The van der Waals surface area contributed by atoms with Gasteiger partial charge in [-0.25, -0.2) is 4.98 Å². The number of nitrogens with zero attached hydrogens (tertiary/aromatic N) is 1. The van der Waals surface area contributed by atoms with Crippen LogP contribution in [0.4, 0.5) is 0 Å². The van der Waals surface area contributed by atoms with Crippen molar-refractivity contribution in [2.45, 2.75) is 20.0 Å². The van der Waals surface area contributed by atoms with E-state index in [4.69, 9.17) is 22.7 Å². The van der Waals surface area contributed by atoms with E-state index in [0.29, 0.717) is 11.6 Å². The molecular formula is C13H14N2OS2. The van der Waals surface area contributed by atoms with Crippen LogP contribution in [0, 0.1) is 0 Å². The quantitative estimate of drug-likeness (QED) is 0.854. The Bertz CT molecular complexity index is 551. The number of ether oxygens (including phenoxy) is 1. The van der Waals surface area contributed by atoms with Gasteiger partial charge in [-0.15, -0.1) is 11.3 Å². The molecule has 1 aromatic carbocycles.